The number of nitrogens with zero attached hydrogens (tertiary/aromatic N) is 1. The molecule has 4 heteroatoms. The maximum atomic E-state index is 5.77. The first kappa shape index (κ1) is 14.7. The Morgan fingerprint density at radius 2 is 2.00 bits per heavy atom. The fraction of sp³-hybridized carbons (Fsp3) is 0.615. The molecule has 1 heterocycles. The third-order valence-electron chi connectivity index (χ3n) is 3.57. The van der Waals surface area contributed by atoms with Crippen LogP contribution in [0.15, 0.2) is 18.3 Å². The zero-order valence-electron chi connectivity index (χ0n) is 10.2. The van der Waals surface area contributed by atoms with Gasteiger partial charge in [-0.1, -0.05) is 17.7 Å². The molecule has 96 valence electrons. The van der Waals surface area contributed by atoms with Crippen molar-refractivity contribution in [2.75, 3.05) is 7.05 Å². The lowest BCUT2D eigenvalue weighted by Gasteiger charge is -2.28. The highest BCUT2D eigenvalue weighted by Gasteiger charge is 2.19. The van der Waals surface area contributed by atoms with E-state index in [1.165, 1.54) is 31.2 Å². The second-order valence-corrected chi connectivity index (χ2v) is 5.09. The Morgan fingerprint density at radius 1 is 1.29 bits per heavy atom. The van der Waals surface area contributed by atoms with E-state index in [0.717, 1.165) is 18.4 Å². The first-order valence-electron chi connectivity index (χ1n) is 6.05. The van der Waals surface area contributed by atoms with Crippen LogP contribution in [0.3, 0.4) is 0 Å². The molecule has 2 rings (SSSR count). The summed E-state index contributed by atoms with van der Waals surface area (Å²) in [4.78, 5) is 4.13. The van der Waals surface area contributed by atoms with Gasteiger partial charge in [-0.15, -0.1) is 12.4 Å². The molecular weight excluding hydrogens is 255 g/mol. The minimum absolute atomic E-state index is 0. The summed E-state index contributed by atoms with van der Waals surface area (Å²) in [7, 11) is 2.06. The monoisotopic (exact) mass is 274 g/mol. The molecule has 0 aromatic carbocycles. The van der Waals surface area contributed by atoms with E-state index in [1.54, 1.807) is 0 Å². The molecule has 0 radical (unpaired) electrons. The summed E-state index contributed by atoms with van der Waals surface area (Å²) in [5.41, 5.74) is 1.32. The fourth-order valence-corrected chi connectivity index (χ4v) is 2.63. The van der Waals surface area contributed by atoms with Crippen molar-refractivity contribution in [3.8, 4) is 0 Å². The molecule has 0 bridgehead atoms. The molecule has 1 aromatic rings. The second kappa shape index (κ2) is 7.20. The highest BCUT2D eigenvalue weighted by atomic mass is 35.5. The van der Waals surface area contributed by atoms with Gasteiger partial charge in [0.05, 0.1) is 0 Å². The Labute approximate surface area is 115 Å². The van der Waals surface area contributed by atoms with Gasteiger partial charge in [0.25, 0.3) is 0 Å². The van der Waals surface area contributed by atoms with Crippen molar-refractivity contribution in [3.63, 3.8) is 0 Å². The first-order valence-corrected chi connectivity index (χ1v) is 6.43. The van der Waals surface area contributed by atoms with Gasteiger partial charge in [-0.2, -0.15) is 0 Å². The molecule has 1 N–H and O–H groups in total. The lowest BCUT2D eigenvalue weighted by molar-refractivity contribution is 0.300. The summed E-state index contributed by atoms with van der Waals surface area (Å²) < 4.78 is 0. The van der Waals surface area contributed by atoms with Crippen molar-refractivity contribution in [3.05, 3.63) is 29.0 Å². The molecule has 17 heavy (non-hydrogen) atoms. The minimum atomic E-state index is 0. The van der Waals surface area contributed by atoms with Crippen molar-refractivity contribution in [1.29, 1.82) is 0 Å². The molecule has 0 saturated heterocycles. The van der Waals surface area contributed by atoms with E-state index in [4.69, 9.17) is 11.6 Å². The molecule has 1 fully saturated rings. The number of aromatic nitrogens is 1. The van der Waals surface area contributed by atoms with E-state index < -0.39 is 0 Å². The van der Waals surface area contributed by atoms with E-state index in [1.807, 2.05) is 12.3 Å². The highest BCUT2D eigenvalue weighted by Crippen LogP contribution is 2.27. The van der Waals surface area contributed by atoms with Gasteiger partial charge in [-0.25, -0.2) is 4.98 Å². The number of hydrogen-bond acceptors (Lipinski definition) is 2. The smallest absolute Gasteiger partial charge is 0.129 e. The van der Waals surface area contributed by atoms with Crippen LogP contribution in [-0.4, -0.2) is 18.1 Å². The average molecular weight is 275 g/mol. The van der Waals surface area contributed by atoms with E-state index >= 15 is 0 Å². The van der Waals surface area contributed by atoms with Gasteiger partial charge in [-0.3, -0.25) is 0 Å². The van der Waals surface area contributed by atoms with Gasteiger partial charge in [0.2, 0.25) is 0 Å². The molecular formula is C13H20Cl2N2. The molecule has 1 aliphatic rings. The third kappa shape index (κ3) is 4.46. The third-order valence-corrected chi connectivity index (χ3v) is 3.79. The Balaban J connectivity index is 0.00000144. The summed E-state index contributed by atoms with van der Waals surface area (Å²) in [5, 5.41) is 3.95. The van der Waals surface area contributed by atoms with Gasteiger partial charge < -0.3 is 5.32 Å². The summed E-state index contributed by atoms with van der Waals surface area (Å²) in [6.07, 6.45) is 8.33. The van der Waals surface area contributed by atoms with Crippen molar-refractivity contribution >= 4 is 24.0 Å². The predicted octanol–water partition coefficient (Wildman–Crippen LogP) is 3.48. The van der Waals surface area contributed by atoms with Crippen LogP contribution in [0.1, 0.15) is 31.2 Å². The largest absolute Gasteiger partial charge is 0.317 e. The molecule has 0 unspecified atom stereocenters. The van der Waals surface area contributed by atoms with Crippen LogP contribution in [0.5, 0.6) is 0 Å². The lowest BCUT2D eigenvalue weighted by Crippen LogP contribution is -2.30. The van der Waals surface area contributed by atoms with Crippen molar-refractivity contribution < 1.29 is 0 Å². The van der Waals surface area contributed by atoms with Gasteiger partial charge in [0, 0.05) is 12.2 Å². The van der Waals surface area contributed by atoms with Crippen LogP contribution in [0, 0.1) is 5.92 Å². The van der Waals surface area contributed by atoms with Gasteiger partial charge >= 0.3 is 0 Å². The fourth-order valence-electron chi connectivity index (χ4n) is 2.52. The zero-order chi connectivity index (χ0) is 11.4. The molecule has 0 amide bonds. The number of pyridine rings is 1. The zero-order valence-corrected chi connectivity index (χ0v) is 11.7. The highest BCUT2D eigenvalue weighted by molar-refractivity contribution is 6.29. The molecule has 2 nitrogen and oxygen atoms in total. The number of halogens is 2. The van der Waals surface area contributed by atoms with Crippen LogP contribution < -0.4 is 5.32 Å². The standard InChI is InChI=1S/C13H19ClN2.ClH/c1-15-12-5-2-10(3-6-12)8-11-4-7-13(14)16-9-11;/h4,7,9-10,12,15H,2-3,5-6,8H2,1H3;1H. The maximum Gasteiger partial charge on any atom is 0.129 e. The van der Waals surface area contributed by atoms with Crippen molar-refractivity contribution in [2.24, 2.45) is 5.92 Å². The SMILES string of the molecule is CNC1CCC(Cc2ccc(Cl)nc2)CC1.Cl. The number of hydrogen-bond donors (Lipinski definition) is 1. The summed E-state index contributed by atoms with van der Waals surface area (Å²) in [5.74, 6) is 0.826. The quantitative estimate of drug-likeness (QED) is 0.854. The van der Waals surface area contributed by atoms with E-state index in [-0.39, 0.29) is 12.4 Å². The topological polar surface area (TPSA) is 24.9 Å². The molecule has 1 saturated carbocycles. The average Bonchev–Trinajstić information content (AvgIpc) is 2.33. The summed E-state index contributed by atoms with van der Waals surface area (Å²) in [6.45, 7) is 0. The van der Waals surface area contributed by atoms with E-state index in [9.17, 15) is 0 Å². The van der Waals surface area contributed by atoms with Crippen LogP contribution in [0.2, 0.25) is 5.15 Å². The molecule has 0 atom stereocenters. The van der Waals surface area contributed by atoms with Crippen molar-refractivity contribution in [2.45, 2.75) is 38.1 Å². The molecule has 0 spiro atoms. The van der Waals surface area contributed by atoms with Crippen LogP contribution in [0.4, 0.5) is 0 Å². The normalized spacial score (nSPS) is 24.1. The summed E-state index contributed by atoms with van der Waals surface area (Å²) in [6, 6.07) is 4.72. The van der Waals surface area contributed by atoms with Crippen LogP contribution in [-0.2, 0) is 6.42 Å². The number of rotatable bonds is 3. The van der Waals surface area contributed by atoms with Gasteiger partial charge in [0.15, 0.2) is 0 Å². The molecule has 1 aliphatic carbocycles. The molecule has 1 aromatic heterocycles. The lowest BCUT2D eigenvalue weighted by atomic mass is 9.83. The van der Waals surface area contributed by atoms with E-state index in [2.05, 4.69) is 23.4 Å². The predicted molar refractivity (Wildman–Crippen MR) is 75.0 cm³/mol. The van der Waals surface area contributed by atoms with Gasteiger partial charge in [-0.05, 0) is 56.7 Å². The maximum absolute atomic E-state index is 5.77. The Bertz CT molecular complexity index is 319. The summed E-state index contributed by atoms with van der Waals surface area (Å²) >= 11 is 5.77. The second-order valence-electron chi connectivity index (χ2n) is 4.70. The first-order chi connectivity index (χ1) is 7.78. The van der Waals surface area contributed by atoms with Crippen molar-refractivity contribution in [1.82, 2.24) is 10.3 Å². The minimum Gasteiger partial charge on any atom is -0.317 e. The van der Waals surface area contributed by atoms with Crippen LogP contribution in [0.25, 0.3) is 0 Å². The number of nitrogens with one attached hydrogen (secondary N) is 1. The Kier molecular flexibility index (Phi) is 6.24. The van der Waals surface area contributed by atoms with Gasteiger partial charge in [0.1, 0.15) is 5.15 Å². The Morgan fingerprint density at radius 3 is 2.53 bits per heavy atom. The Hall–Kier alpha value is -0.310. The van der Waals surface area contributed by atoms with Crippen LogP contribution >= 0.6 is 24.0 Å². The molecule has 0 aliphatic heterocycles. The van der Waals surface area contributed by atoms with E-state index in [0.29, 0.717) is 5.15 Å².